The lowest BCUT2D eigenvalue weighted by Gasteiger charge is -2.29. The molecule has 1 aromatic carbocycles. The van der Waals surface area contributed by atoms with Crippen LogP contribution in [0, 0.1) is 5.92 Å². The van der Waals surface area contributed by atoms with Crippen LogP contribution in [0.5, 0.6) is 0 Å². The van der Waals surface area contributed by atoms with Gasteiger partial charge in [0.25, 0.3) is 0 Å². The summed E-state index contributed by atoms with van der Waals surface area (Å²) >= 11 is 1.58. The predicted molar refractivity (Wildman–Crippen MR) is 89.4 cm³/mol. The van der Waals surface area contributed by atoms with Crippen molar-refractivity contribution in [3.8, 4) is 0 Å². The molecule has 1 atom stereocenters. The Balaban J connectivity index is 1.64. The third kappa shape index (κ3) is 3.46. The van der Waals surface area contributed by atoms with E-state index in [1.165, 1.54) is 6.08 Å². The molecule has 3 rings (SSSR count). The van der Waals surface area contributed by atoms with Crippen molar-refractivity contribution in [1.29, 1.82) is 0 Å². The molecule has 1 aliphatic carbocycles. The summed E-state index contributed by atoms with van der Waals surface area (Å²) in [6, 6.07) is 13.5. The summed E-state index contributed by atoms with van der Waals surface area (Å²) in [4.78, 5) is 13.0. The monoisotopic (exact) mass is 313 g/mol. The first-order valence-electron chi connectivity index (χ1n) is 7.46. The zero-order chi connectivity index (χ0) is 15.4. The van der Waals surface area contributed by atoms with Gasteiger partial charge in [0.1, 0.15) is 5.60 Å². The average Bonchev–Trinajstić information content (AvgIpc) is 3.29. The van der Waals surface area contributed by atoms with Crippen molar-refractivity contribution in [2.45, 2.75) is 18.4 Å². The highest BCUT2D eigenvalue weighted by Gasteiger charge is 2.45. The predicted octanol–water partition coefficient (Wildman–Crippen LogP) is 3.18. The quantitative estimate of drug-likeness (QED) is 0.805. The largest absolute Gasteiger partial charge is 0.383 e. The van der Waals surface area contributed by atoms with Crippen LogP contribution in [-0.2, 0) is 10.4 Å². The lowest BCUT2D eigenvalue weighted by atomic mass is 9.88. The molecule has 4 heteroatoms. The van der Waals surface area contributed by atoms with Crippen molar-refractivity contribution < 1.29 is 9.90 Å². The van der Waals surface area contributed by atoms with Crippen LogP contribution in [0.2, 0.25) is 0 Å². The van der Waals surface area contributed by atoms with Gasteiger partial charge in [-0.1, -0.05) is 36.4 Å². The van der Waals surface area contributed by atoms with Gasteiger partial charge in [-0.15, -0.1) is 11.3 Å². The second-order valence-electron chi connectivity index (χ2n) is 5.63. The van der Waals surface area contributed by atoms with Crippen LogP contribution in [0.25, 0.3) is 6.08 Å². The van der Waals surface area contributed by atoms with Gasteiger partial charge in [-0.25, -0.2) is 0 Å². The maximum atomic E-state index is 12.0. The number of hydrogen-bond donors (Lipinski definition) is 2. The summed E-state index contributed by atoms with van der Waals surface area (Å²) in [5.41, 5.74) is -0.0896. The normalized spacial score (nSPS) is 17.3. The fourth-order valence-corrected chi connectivity index (χ4v) is 3.21. The summed E-state index contributed by atoms with van der Waals surface area (Å²) in [6.45, 7) is 0.245. The number of benzene rings is 1. The minimum Gasteiger partial charge on any atom is -0.383 e. The number of nitrogens with one attached hydrogen (secondary N) is 1. The first-order chi connectivity index (χ1) is 10.7. The molecule has 0 saturated heterocycles. The third-order valence-electron chi connectivity index (χ3n) is 4.00. The number of hydrogen-bond acceptors (Lipinski definition) is 3. The highest BCUT2D eigenvalue weighted by Crippen LogP contribution is 2.45. The summed E-state index contributed by atoms with van der Waals surface area (Å²) in [7, 11) is 0. The molecule has 22 heavy (non-hydrogen) atoms. The summed E-state index contributed by atoms with van der Waals surface area (Å²) in [5, 5.41) is 15.8. The van der Waals surface area contributed by atoms with Gasteiger partial charge in [-0.05, 0) is 41.8 Å². The fraction of sp³-hybridized carbons (Fsp3) is 0.278. The zero-order valence-electron chi connectivity index (χ0n) is 12.2. The molecule has 0 aliphatic heterocycles. The molecule has 0 spiro atoms. The van der Waals surface area contributed by atoms with Gasteiger partial charge in [0, 0.05) is 11.0 Å². The molecule has 1 heterocycles. The summed E-state index contributed by atoms with van der Waals surface area (Å²) < 4.78 is 0. The third-order valence-corrected chi connectivity index (χ3v) is 4.84. The maximum absolute atomic E-state index is 12.0. The van der Waals surface area contributed by atoms with Crippen LogP contribution in [-0.4, -0.2) is 17.6 Å². The van der Waals surface area contributed by atoms with E-state index in [9.17, 15) is 9.90 Å². The van der Waals surface area contributed by atoms with Crippen molar-refractivity contribution in [2.24, 2.45) is 5.92 Å². The van der Waals surface area contributed by atoms with Gasteiger partial charge in [-0.3, -0.25) is 4.79 Å². The highest BCUT2D eigenvalue weighted by molar-refractivity contribution is 7.10. The Labute approximate surface area is 134 Å². The molecule has 0 unspecified atom stereocenters. The lowest BCUT2D eigenvalue weighted by Crippen LogP contribution is -2.42. The smallest absolute Gasteiger partial charge is 0.244 e. The Bertz CT molecular complexity index is 647. The molecular formula is C18H19NO2S. The van der Waals surface area contributed by atoms with Gasteiger partial charge < -0.3 is 10.4 Å². The molecule has 2 aromatic rings. The standard InChI is InChI=1S/C18H19NO2S/c20-17(11-10-16-7-4-12-22-16)19-13-18(21,15-8-9-15)14-5-2-1-3-6-14/h1-7,10-12,15,21H,8-9,13H2,(H,19,20)/b11-10+/t18-/m0/s1. The molecule has 1 saturated carbocycles. The van der Waals surface area contributed by atoms with Crippen LogP contribution >= 0.6 is 11.3 Å². The molecule has 1 amide bonds. The number of carbonyl (C=O) groups excluding carboxylic acids is 1. The van der Waals surface area contributed by atoms with Crippen LogP contribution in [0.1, 0.15) is 23.3 Å². The second-order valence-corrected chi connectivity index (χ2v) is 6.61. The Hall–Kier alpha value is -1.91. The van der Waals surface area contributed by atoms with Crippen molar-refractivity contribution >= 4 is 23.3 Å². The van der Waals surface area contributed by atoms with E-state index in [1.54, 1.807) is 17.4 Å². The first kappa shape index (κ1) is 15.0. The number of thiophene rings is 1. The molecular weight excluding hydrogens is 294 g/mol. The van der Waals surface area contributed by atoms with Gasteiger partial charge in [0.15, 0.2) is 0 Å². The molecule has 1 fully saturated rings. The van der Waals surface area contributed by atoms with E-state index in [2.05, 4.69) is 5.32 Å². The van der Waals surface area contributed by atoms with E-state index < -0.39 is 5.60 Å². The highest BCUT2D eigenvalue weighted by atomic mass is 32.1. The number of aliphatic hydroxyl groups is 1. The van der Waals surface area contributed by atoms with E-state index >= 15 is 0 Å². The average molecular weight is 313 g/mol. The molecule has 1 aliphatic rings. The van der Waals surface area contributed by atoms with E-state index in [4.69, 9.17) is 0 Å². The van der Waals surface area contributed by atoms with Gasteiger partial charge in [-0.2, -0.15) is 0 Å². The van der Waals surface area contributed by atoms with Crippen molar-refractivity contribution in [2.75, 3.05) is 6.54 Å². The first-order valence-corrected chi connectivity index (χ1v) is 8.34. The molecule has 0 radical (unpaired) electrons. The van der Waals surface area contributed by atoms with Crippen molar-refractivity contribution in [3.05, 3.63) is 64.4 Å². The minimum atomic E-state index is -0.965. The maximum Gasteiger partial charge on any atom is 0.244 e. The van der Waals surface area contributed by atoms with E-state index in [0.29, 0.717) is 0 Å². The van der Waals surface area contributed by atoms with Gasteiger partial charge in [0.05, 0.1) is 6.54 Å². The van der Waals surface area contributed by atoms with Crippen LogP contribution in [0.15, 0.2) is 53.9 Å². The number of rotatable bonds is 6. The molecule has 114 valence electrons. The van der Waals surface area contributed by atoms with E-state index in [-0.39, 0.29) is 18.4 Å². The van der Waals surface area contributed by atoms with Gasteiger partial charge >= 0.3 is 0 Å². The fourth-order valence-electron chi connectivity index (χ4n) is 2.59. The van der Waals surface area contributed by atoms with Crippen molar-refractivity contribution in [1.82, 2.24) is 5.32 Å². The van der Waals surface area contributed by atoms with E-state index in [1.807, 2.05) is 47.8 Å². The Morgan fingerprint density at radius 1 is 1.27 bits per heavy atom. The second kappa shape index (κ2) is 6.46. The van der Waals surface area contributed by atoms with Crippen molar-refractivity contribution in [3.63, 3.8) is 0 Å². The molecule has 1 aromatic heterocycles. The Morgan fingerprint density at radius 3 is 2.68 bits per heavy atom. The van der Waals surface area contributed by atoms with E-state index in [0.717, 1.165) is 23.3 Å². The van der Waals surface area contributed by atoms with Crippen LogP contribution in [0.3, 0.4) is 0 Å². The number of carbonyl (C=O) groups is 1. The molecule has 3 nitrogen and oxygen atoms in total. The molecule has 2 N–H and O–H groups in total. The zero-order valence-corrected chi connectivity index (χ0v) is 13.1. The minimum absolute atomic E-state index is 0.177. The topological polar surface area (TPSA) is 49.3 Å². The summed E-state index contributed by atoms with van der Waals surface area (Å²) in [5.74, 6) is 0.0554. The van der Waals surface area contributed by atoms with Crippen LogP contribution < -0.4 is 5.32 Å². The SMILES string of the molecule is O=C(/C=C/c1cccs1)NC[C@](O)(c1ccccc1)C1CC1. The lowest BCUT2D eigenvalue weighted by molar-refractivity contribution is -0.118. The number of amides is 1. The Kier molecular flexibility index (Phi) is 4.41. The van der Waals surface area contributed by atoms with Gasteiger partial charge in [0.2, 0.25) is 5.91 Å². The van der Waals surface area contributed by atoms with Crippen LogP contribution in [0.4, 0.5) is 0 Å². The summed E-state index contributed by atoms with van der Waals surface area (Å²) in [6.07, 6.45) is 5.32. The Morgan fingerprint density at radius 2 is 2.05 bits per heavy atom. The molecule has 0 bridgehead atoms.